The first-order valence-corrected chi connectivity index (χ1v) is 7.53. The first kappa shape index (κ1) is 16.3. The molecule has 6 heteroatoms. The number of amides is 2. The normalized spacial score (nSPS) is 11.1. The molecule has 0 radical (unpaired) electrons. The van der Waals surface area contributed by atoms with Gasteiger partial charge in [0.25, 0.3) is 5.91 Å². The maximum atomic E-state index is 12.0. The second-order valence-corrected chi connectivity index (χ2v) is 6.62. The third kappa shape index (κ3) is 4.21. The minimum absolute atomic E-state index is 0.0917. The van der Waals surface area contributed by atoms with Crippen LogP contribution in [0.4, 0.5) is 11.4 Å². The average Bonchev–Trinajstić information content (AvgIpc) is 2.85. The first-order chi connectivity index (χ1) is 10.3. The van der Waals surface area contributed by atoms with Crippen LogP contribution >= 0.6 is 15.9 Å². The van der Waals surface area contributed by atoms with Crippen molar-refractivity contribution in [2.45, 2.75) is 20.8 Å². The summed E-state index contributed by atoms with van der Waals surface area (Å²) in [6.45, 7) is 5.51. The number of hydrogen-bond donors (Lipinski definition) is 2. The van der Waals surface area contributed by atoms with Crippen molar-refractivity contribution in [3.8, 4) is 0 Å². The van der Waals surface area contributed by atoms with Gasteiger partial charge in [-0.25, -0.2) is 0 Å². The number of hydrogen-bond acceptors (Lipinski definition) is 3. The molecular formula is C16H17BrN2O3. The van der Waals surface area contributed by atoms with E-state index in [9.17, 15) is 9.59 Å². The van der Waals surface area contributed by atoms with Crippen molar-refractivity contribution in [1.82, 2.24) is 0 Å². The Kier molecular flexibility index (Phi) is 4.71. The highest BCUT2D eigenvalue weighted by Gasteiger charge is 2.21. The maximum Gasteiger partial charge on any atom is 0.291 e. The van der Waals surface area contributed by atoms with E-state index in [-0.39, 0.29) is 17.6 Å². The van der Waals surface area contributed by atoms with Crippen molar-refractivity contribution in [2.24, 2.45) is 5.41 Å². The number of benzene rings is 1. The topological polar surface area (TPSA) is 71.3 Å². The van der Waals surface area contributed by atoms with Gasteiger partial charge in [0.15, 0.2) is 10.4 Å². The van der Waals surface area contributed by atoms with E-state index in [1.54, 1.807) is 36.4 Å². The zero-order chi connectivity index (χ0) is 16.3. The van der Waals surface area contributed by atoms with Crippen LogP contribution in [0, 0.1) is 5.41 Å². The minimum Gasteiger partial charge on any atom is -0.444 e. The highest BCUT2D eigenvalue weighted by atomic mass is 79.9. The van der Waals surface area contributed by atoms with Crippen LogP contribution in [0.5, 0.6) is 0 Å². The van der Waals surface area contributed by atoms with Gasteiger partial charge >= 0.3 is 0 Å². The third-order valence-electron chi connectivity index (χ3n) is 2.86. The number of carbonyl (C=O) groups excluding carboxylic acids is 2. The van der Waals surface area contributed by atoms with Crippen molar-refractivity contribution in [2.75, 3.05) is 10.6 Å². The molecule has 1 aromatic carbocycles. The quantitative estimate of drug-likeness (QED) is 0.853. The SMILES string of the molecule is CC(C)(C)C(=O)Nc1cccc(NC(=O)c2ccc(Br)o2)c1. The highest BCUT2D eigenvalue weighted by molar-refractivity contribution is 9.10. The highest BCUT2D eigenvalue weighted by Crippen LogP contribution is 2.21. The van der Waals surface area contributed by atoms with E-state index in [0.29, 0.717) is 16.0 Å². The van der Waals surface area contributed by atoms with Gasteiger partial charge in [-0.1, -0.05) is 26.8 Å². The second-order valence-electron chi connectivity index (χ2n) is 5.84. The molecular weight excluding hydrogens is 348 g/mol. The molecule has 0 unspecified atom stereocenters. The molecule has 0 fully saturated rings. The van der Waals surface area contributed by atoms with Crippen molar-refractivity contribution in [3.63, 3.8) is 0 Å². The Morgan fingerprint density at radius 2 is 1.68 bits per heavy atom. The smallest absolute Gasteiger partial charge is 0.291 e. The number of halogens is 1. The molecule has 1 aromatic heterocycles. The molecule has 22 heavy (non-hydrogen) atoms. The molecule has 0 saturated carbocycles. The van der Waals surface area contributed by atoms with Gasteiger partial charge in [0.05, 0.1) is 0 Å². The van der Waals surface area contributed by atoms with Gasteiger partial charge in [-0.3, -0.25) is 9.59 Å². The zero-order valence-electron chi connectivity index (χ0n) is 12.6. The molecule has 0 spiro atoms. The van der Waals surface area contributed by atoms with Crippen LogP contribution in [0.3, 0.4) is 0 Å². The van der Waals surface area contributed by atoms with Crippen molar-refractivity contribution < 1.29 is 14.0 Å². The van der Waals surface area contributed by atoms with Gasteiger partial charge < -0.3 is 15.1 Å². The van der Waals surface area contributed by atoms with Crippen molar-refractivity contribution >= 4 is 39.1 Å². The van der Waals surface area contributed by atoms with E-state index >= 15 is 0 Å². The fraction of sp³-hybridized carbons (Fsp3) is 0.250. The van der Waals surface area contributed by atoms with E-state index < -0.39 is 5.41 Å². The largest absolute Gasteiger partial charge is 0.444 e. The molecule has 0 saturated heterocycles. The molecule has 2 rings (SSSR count). The van der Waals surface area contributed by atoms with Crippen LogP contribution in [0.2, 0.25) is 0 Å². The molecule has 116 valence electrons. The van der Waals surface area contributed by atoms with Gasteiger partial charge in [0.2, 0.25) is 5.91 Å². The maximum absolute atomic E-state index is 12.0. The Balaban J connectivity index is 2.08. The molecule has 0 atom stereocenters. The fourth-order valence-electron chi connectivity index (χ4n) is 1.62. The van der Waals surface area contributed by atoms with E-state index in [1.807, 2.05) is 20.8 Å². The van der Waals surface area contributed by atoms with Crippen molar-refractivity contribution in [3.05, 3.63) is 46.8 Å². The molecule has 2 amide bonds. The lowest BCUT2D eigenvalue weighted by molar-refractivity contribution is -0.123. The molecule has 0 aliphatic rings. The standard InChI is InChI=1S/C16H17BrN2O3/c1-16(2,3)15(21)19-11-6-4-5-10(9-11)18-14(20)12-7-8-13(17)22-12/h4-9H,1-3H3,(H,18,20)(H,19,21). The van der Waals surface area contributed by atoms with Gasteiger partial charge in [-0.05, 0) is 46.3 Å². The van der Waals surface area contributed by atoms with Gasteiger partial charge in [-0.15, -0.1) is 0 Å². The predicted octanol–water partition coefficient (Wildman–Crippen LogP) is 4.28. The minimum atomic E-state index is -0.486. The van der Waals surface area contributed by atoms with Crippen LogP contribution < -0.4 is 10.6 Å². The molecule has 2 aromatic rings. The summed E-state index contributed by atoms with van der Waals surface area (Å²) in [5.41, 5.74) is 0.710. The summed E-state index contributed by atoms with van der Waals surface area (Å²) in [5.74, 6) is -0.244. The molecule has 2 N–H and O–H groups in total. The Bertz CT molecular complexity index is 701. The number of nitrogens with one attached hydrogen (secondary N) is 2. The average molecular weight is 365 g/mol. The van der Waals surface area contributed by atoms with E-state index in [4.69, 9.17) is 4.42 Å². The fourth-order valence-corrected chi connectivity index (χ4v) is 1.93. The number of rotatable bonds is 3. The van der Waals surface area contributed by atoms with Gasteiger partial charge in [0.1, 0.15) is 0 Å². The number of furan rings is 1. The first-order valence-electron chi connectivity index (χ1n) is 6.74. The lowest BCUT2D eigenvalue weighted by Crippen LogP contribution is -2.27. The summed E-state index contributed by atoms with van der Waals surface area (Å²) in [6, 6.07) is 10.2. The number of anilines is 2. The molecule has 5 nitrogen and oxygen atoms in total. The van der Waals surface area contributed by atoms with Gasteiger partial charge in [-0.2, -0.15) is 0 Å². The second kappa shape index (κ2) is 6.36. The molecule has 0 bridgehead atoms. The Morgan fingerprint density at radius 3 is 2.23 bits per heavy atom. The van der Waals surface area contributed by atoms with Gasteiger partial charge in [0, 0.05) is 16.8 Å². The lowest BCUT2D eigenvalue weighted by Gasteiger charge is -2.18. The van der Waals surface area contributed by atoms with E-state index in [0.717, 1.165) is 0 Å². The molecule has 0 aliphatic carbocycles. The van der Waals surface area contributed by atoms with Crippen LogP contribution in [0.25, 0.3) is 0 Å². The molecule has 1 heterocycles. The number of carbonyl (C=O) groups is 2. The van der Waals surface area contributed by atoms with E-state index in [2.05, 4.69) is 26.6 Å². The summed E-state index contributed by atoms with van der Waals surface area (Å²) in [5, 5.41) is 5.54. The Labute approximate surface area is 137 Å². The van der Waals surface area contributed by atoms with E-state index in [1.165, 1.54) is 0 Å². The van der Waals surface area contributed by atoms with Crippen LogP contribution in [0.15, 0.2) is 45.5 Å². The van der Waals surface area contributed by atoms with Crippen LogP contribution in [-0.4, -0.2) is 11.8 Å². The lowest BCUT2D eigenvalue weighted by atomic mass is 9.95. The zero-order valence-corrected chi connectivity index (χ0v) is 14.2. The summed E-state index contributed by atoms with van der Waals surface area (Å²) in [4.78, 5) is 24.0. The van der Waals surface area contributed by atoms with Crippen LogP contribution in [-0.2, 0) is 4.79 Å². The monoisotopic (exact) mass is 364 g/mol. The summed E-state index contributed by atoms with van der Waals surface area (Å²) >= 11 is 3.15. The molecule has 0 aliphatic heterocycles. The summed E-state index contributed by atoms with van der Waals surface area (Å²) < 4.78 is 5.68. The van der Waals surface area contributed by atoms with Crippen LogP contribution in [0.1, 0.15) is 31.3 Å². The Morgan fingerprint density at radius 1 is 1.05 bits per heavy atom. The summed E-state index contributed by atoms with van der Waals surface area (Å²) in [7, 11) is 0. The summed E-state index contributed by atoms with van der Waals surface area (Å²) in [6.07, 6.45) is 0. The third-order valence-corrected chi connectivity index (χ3v) is 3.28. The van der Waals surface area contributed by atoms with Crippen molar-refractivity contribution in [1.29, 1.82) is 0 Å². The Hall–Kier alpha value is -2.08. The predicted molar refractivity (Wildman–Crippen MR) is 88.9 cm³/mol.